The second-order valence-corrected chi connectivity index (χ2v) is 5.57. The molecule has 2 aromatic rings. The number of benzene rings is 2. The van der Waals surface area contributed by atoms with Gasteiger partial charge in [0.05, 0.1) is 18.7 Å². The molecule has 0 saturated carbocycles. The number of carbonyl (C=O) groups is 1. The van der Waals surface area contributed by atoms with Crippen LogP contribution in [-0.4, -0.2) is 19.1 Å². The summed E-state index contributed by atoms with van der Waals surface area (Å²) in [5.74, 6) is -1.14. The summed E-state index contributed by atoms with van der Waals surface area (Å²) in [4.78, 5) is 11.9. The molecule has 0 unspecified atom stereocenters. The maximum absolute atomic E-state index is 14.4. The van der Waals surface area contributed by atoms with Crippen LogP contribution in [0.25, 0.3) is 0 Å². The third kappa shape index (κ3) is 3.71. The Morgan fingerprint density at radius 3 is 2.88 bits per heavy atom. The van der Waals surface area contributed by atoms with Gasteiger partial charge in [0.1, 0.15) is 5.82 Å². The van der Waals surface area contributed by atoms with Crippen LogP contribution in [0, 0.1) is 11.6 Å². The lowest BCUT2D eigenvalue weighted by Gasteiger charge is -2.19. The molecule has 0 bridgehead atoms. The van der Waals surface area contributed by atoms with Crippen LogP contribution in [-0.2, 0) is 17.8 Å². The number of hydrogen-bond donors (Lipinski definition) is 2. The first-order valence-corrected chi connectivity index (χ1v) is 7.83. The van der Waals surface area contributed by atoms with E-state index in [4.69, 9.17) is 4.74 Å². The Morgan fingerprint density at radius 1 is 1.21 bits per heavy atom. The van der Waals surface area contributed by atoms with Crippen LogP contribution >= 0.6 is 0 Å². The van der Waals surface area contributed by atoms with Crippen LogP contribution in [0.2, 0.25) is 0 Å². The van der Waals surface area contributed by atoms with Gasteiger partial charge in [-0.05, 0) is 42.3 Å². The molecular formula is C18H18F2N2O2. The lowest BCUT2D eigenvalue weighted by Crippen LogP contribution is -2.25. The lowest BCUT2D eigenvalue weighted by atomic mass is 9.99. The van der Waals surface area contributed by atoms with E-state index in [9.17, 15) is 13.6 Å². The van der Waals surface area contributed by atoms with Crippen molar-refractivity contribution >= 4 is 11.6 Å². The predicted octanol–water partition coefficient (Wildman–Crippen LogP) is 3.02. The van der Waals surface area contributed by atoms with Crippen molar-refractivity contribution in [3.05, 3.63) is 59.2 Å². The summed E-state index contributed by atoms with van der Waals surface area (Å²) in [6.07, 6.45) is 0.605. The van der Waals surface area contributed by atoms with E-state index in [0.29, 0.717) is 18.5 Å². The average molecular weight is 332 g/mol. The summed E-state index contributed by atoms with van der Waals surface area (Å²) in [5, 5.41) is 5.73. The van der Waals surface area contributed by atoms with Gasteiger partial charge in [0, 0.05) is 6.54 Å². The zero-order valence-corrected chi connectivity index (χ0v) is 13.1. The van der Waals surface area contributed by atoms with Crippen molar-refractivity contribution in [2.24, 2.45) is 0 Å². The summed E-state index contributed by atoms with van der Waals surface area (Å²) in [6, 6.07) is 9.36. The van der Waals surface area contributed by atoms with Crippen LogP contribution < -0.4 is 15.4 Å². The molecule has 0 spiro atoms. The highest BCUT2D eigenvalue weighted by Crippen LogP contribution is 2.24. The van der Waals surface area contributed by atoms with Crippen LogP contribution in [0.3, 0.4) is 0 Å². The van der Waals surface area contributed by atoms with Gasteiger partial charge in [-0.15, -0.1) is 0 Å². The van der Waals surface area contributed by atoms with Gasteiger partial charge in [-0.25, -0.2) is 8.78 Å². The van der Waals surface area contributed by atoms with E-state index in [-0.39, 0.29) is 36.2 Å². The van der Waals surface area contributed by atoms with E-state index in [2.05, 4.69) is 10.6 Å². The van der Waals surface area contributed by atoms with E-state index >= 15 is 0 Å². The molecule has 24 heavy (non-hydrogen) atoms. The number of ether oxygens (including phenoxy) is 1. The molecule has 1 aliphatic heterocycles. The van der Waals surface area contributed by atoms with Crippen molar-refractivity contribution in [2.45, 2.75) is 19.4 Å². The first kappa shape index (κ1) is 16.4. The minimum Gasteiger partial charge on any atom is -0.490 e. The molecule has 0 saturated heterocycles. The largest absolute Gasteiger partial charge is 0.490 e. The van der Waals surface area contributed by atoms with E-state index in [1.165, 1.54) is 12.1 Å². The number of carbonyl (C=O) groups excluding carboxylic acids is 1. The zero-order valence-electron chi connectivity index (χ0n) is 13.1. The van der Waals surface area contributed by atoms with Gasteiger partial charge < -0.3 is 15.4 Å². The van der Waals surface area contributed by atoms with Gasteiger partial charge in [0.25, 0.3) is 0 Å². The fourth-order valence-corrected chi connectivity index (χ4v) is 2.66. The Morgan fingerprint density at radius 2 is 2.04 bits per heavy atom. The molecule has 2 aromatic carbocycles. The Balaban J connectivity index is 1.56. The van der Waals surface area contributed by atoms with E-state index in [1.807, 2.05) is 6.07 Å². The molecule has 0 aromatic heterocycles. The summed E-state index contributed by atoms with van der Waals surface area (Å²) >= 11 is 0. The third-order valence-electron chi connectivity index (χ3n) is 3.90. The number of rotatable bonds is 5. The van der Waals surface area contributed by atoms with E-state index in [0.717, 1.165) is 12.1 Å². The maximum atomic E-state index is 14.4. The highest BCUT2D eigenvalue weighted by Gasteiger charge is 2.17. The predicted molar refractivity (Wildman–Crippen MR) is 87.0 cm³/mol. The average Bonchev–Trinajstić information content (AvgIpc) is 2.59. The summed E-state index contributed by atoms with van der Waals surface area (Å²) in [5.41, 5.74) is 1.74. The van der Waals surface area contributed by atoms with E-state index in [1.54, 1.807) is 18.2 Å². The number of hydrogen-bond acceptors (Lipinski definition) is 3. The van der Waals surface area contributed by atoms with Crippen molar-refractivity contribution in [3.63, 3.8) is 0 Å². The molecule has 126 valence electrons. The van der Waals surface area contributed by atoms with Gasteiger partial charge in [0.15, 0.2) is 11.6 Å². The molecule has 0 fully saturated rings. The molecule has 0 atom stereocenters. The summed E-state index contributed by atoms with van der Waals surface area (Å²) in [7, 11) is 0. The smallest absolute Gasteiger partial charge is 0.227 e. The monoisotopic (exact) mass is 332 g/mol. The number of halogens is 2. The molecule has 2 N–H and O–H groups in total. The van der Waals surface area contributed by atoms with Gasteiger partial charge >= 0.3 is 0 Å². The topological polar surface area (TPSA) is 50.4 Å². The first-order chi connectivity index (χ1) is 11.6. The van der Waals surface area contributed by atoms with Crippen molar-refractivity contribution in [2.75, 3.05) is 18.5 Å². The second kappa shape index (κ2) is 7.40. The first-order valence-electron chi connectivity index (χ1n) is 7.83. The number of amides is 1. The normalized spacial score (nSPS) is 13.2. The Kier molecular flexibility index (Phi) is 5.05. The quantitative estimate of drug-likeness (QED) is 0.885. The third-order valence-corrected chi connectivity index (χ3v) is 3.90. The van der Waals surface area contributed by atoms with Crippen molar-refractivity contribution in [3.8, 4) is 5.75 Å². The van der Waals surface area contributed by atoms with Crippen molar-refractivity contribution in [1.82, 2.24) is 5.32 Å². The van der Waals surface area contributed by atoms with Gasteiger partial charge in [0.2, 0.25) is 5.91 Å². The van der Waals surface area contributed by atoms with Gasteiger partial charge in [-0.3, -0.25) is 4.79 Å². The molecule has 1 aliphatic rings. The fourth-order valence-electron chi connectivity index (χ4n) is 2.66. The van der Waals surface area contributed by atoms with Crippen LogP contribution in [0.1, 0.15) is 17.5 Å². The minimum absolute atomic E-state index is 0.00636. The Hall–Kier alpha value is -2.47. The molecule has 1 heterocycles. The van der Waals surface area contributed by atoms with Crippen molar-refractivity contribution < 1.29 is 18.3 Å². The summed E-state index contributed by atoms with van der Waals surface area (Å²) in [6.45, 7) is 1.37. The Bertz CT molecular complexity index is 750. The summed E-state index contributed by atoms with van der Waals surface area (Å²) < 4.78 is 33.1. The zero-order chi connectivity index (χ0) is 16.9. The maximum Gasteiger partial charge on any atom is 0.227 e. The number of nitrogens with one attached hydrogen (secondary N) is 2. The fraction of sp³-hybridized carbons (Fsp3) is 0.278. The molecular weight excluding hydrogens is 314 g/mol. The molecule has 1 amide bonds. The molecule has 3 rings (SSSR count). The van der Waals surface area contributed by atoms with E-state index < -0.39 is 5.82 Å². The minimum atomic E-state index is -0.479. The highest BCUT2D eigenvalue weighted by molar-refractivity contribution is 5.91. The highest BCUT2D eigenvalue weighted by atomic mass is 19.1. The van der Waals surface area contributed by atoms with Crippen LogP contribution in [0.5, 0.6) is 5.75 Å². The lowest BCUT2D eigenvalue weighted by molar-refractivity contribution is -0.116. The molecule has 6 heteroatoms. The van der Waals surface area contributed by atoms with Gasteiger partial charge in [-0.2, -0.15) is 0 Å². The van der Waals surface area contributed by atoms with Crippen LogP contribution in [0.4, 0.5) is 14.5 Å². The number of para-hydroxylation sites is 1. The number of anilines is 1. The Labute approximate surface area is 138 Å². The molecule has 0 aliphatic carbocycles. The second-order valence-electron chi connectivity index (χ2n) is 5.57. The van der Waals surface area contributed by atoms with Crippen LogP contribution in [0.15, 0.2) is 36.4 Å². The number of fused-ring (bicyclic) bond motifs is 1. The molecule has 0 radical (unpaired) electrons. The SMILES string of the molecule is O=C(CCOc1ccccc1F)Nc1ccc2c(c1F)CCNC2. The van der Waals surface area contributed by atoms with Crippen molar-refractivity contribution in [1.29, 1.82) is 0 Å². The standard InChI is InChI=1S/C18H18F2N2O2/c19-14-3-1-2-4-16(14)24-10-8-17(23)22-15-6-5-12-11-21-9-7-13(12)18(15)20/h1-6,21H,7-11H2,(H,22,23). The van der Waals surface area contributed by atoms with Gasteiger partial charge in [-0.1, -0.05) is 18.2 Å². The molecule has 4 nitrogen and oxygen atoms in total.